The number of nitrogens with two attached hydrogens (primary N) is 1. The molecule has 0 aromatic carbocycles. The van der Waals surface area contributed by atoms with E-state index in [-0.39, 0.29) is 17.0 Å². The van der Waals surface area contributed by atoms with Crippen molar-refractivity contribution in [2.24, 2.45) is 0 Å². The van der Waals surface area contributed by atoms with Crippen LogP contribution in [0.3, 0.4) is 0 Å². The second kappa shape index (κ2) is 6.07. The summed E-state index contributed by atoms with van der Waals surface area (Å²) in [6, 6.07) is 1.39. The molecule has 0 radical (unpaired) electrons. The molecule has 5 N–H and O–H groups in total. The summed E-state index contributed by atoms with van der Waals surface area (Å²) in [7, 11) is 0. The van der Waals surface area contributed by atoms with Gasteiger partial charge in [-0.15, -0.1) is 0 Å². The molecule has 0 spiro atoms. The maximum atomic E-state index is 12.5. The summed E-state index contributed by atoms with van der Waals surface area (Å²) in [5, 5.41) is 20.2. The monoisotopic (exact) mass is 358 g/mol. The van der Waals surface area contributed by atoms with E-state index in [2.05, 4.69) is 21.8 Å². The Kier molecular flexibility index (Phi) is 3.60. The number of aliphatic hydroxyl groups is 2. The molecule has 3 rings (SSSR count). The molecule has 0 aliphatic carbocycles. The Morgan fingerprint density at radius 3 is 3.12 bits per heavy atom. The molecule has 1 saturated heterocycles. The van der Waals surface area contributed by atoms with Crippen LogP contribution in [0, 0.1) is 11.8 Å². The van der Waals surface area contributed by atoms with Crippen molar-refractivity contribution in [2.75, 3.05) is 19.0 Å². The number of alkyl halides is 2. The summed E-state index contributed by atoms with van der Waals surface area (Å²) in [6.45, 7) is -4.03. The fourth-order valence-corrected chi connectivity index (χ4v) is 2.94. The van der Waals surface area contributed by atoms with Gasteiger partial charge in [0.25, 0.3) is 5.56 Å². The Hall–Kier alpha value is -2.12. The number of ether oxygens (including phenoxy) is 1. The summed E-state index contributed by atoms with van der Waals surface area (Å²) in [5.41, 5.74) is 5.05. The maximum absolute atomic E-state index is 12.5. The third-order valence-corrected chi connectivity index (χ3v) is 4.18. The number of nitrogen functional groups attached to an aromatic ring is 1. The van der Waals surface area contributed by atoms with Crippen molar-refractivity contribution in [1.82, 2.24) is 14.5 Å². The van der Waals surface area contributed by atoms with E-state index in [4.69, 9.17) is 24.8 Å². The summed E-state index contributed by atoms with van der Waals surface area (Å²) in [4.78, 5) is 16.2. The molecule has 0 saturated carbocycles. The average molecular weight is 359 g/mol. The fourth-order valence-electron chi connectivity index (χ4n) is 2.60. The van der Waals surface area contributed by atoms with E-state index in [1.807, 2.05) is 0 Å². The third kappa shape index (κ3) is 2.44. The van der Waals surface area contributed by atoms with Gasteiger partial charge in [0.15, 0.2) is 16.7 Å². The number of nitrogens with zero attached hydrogens (tertiary/aromatic N) is 2. The number of aliphatic hydroxyl groups excluding tert-OH is 1. The van der Waals surface area contributed by atoms with Crippen LogP contribution in [0.2, 0.25) is 0 Å². The topological polar surface area (TPSA) is 126 Å². The molecular formula is C14H14ClFN4O4. The minimum atomic E-state index is -2.96. The molecule has 2 aromatic rings. The minimum Gasteiger partial charge on any atom is -0.394 e. The molecule has 3 heterocycles. The Bertz CT molecular complexity index is 966. The van der Waals surface area contributed by atoms with Crippen LogP contribution in [0.5, 0.6) is 0 Å². The van der Waals surface area contributed by atoms with E-state index in [1.54, 1.807) is 0 Å². The first-order chi connectivity index (χ1) is 12.1. The number of fused-ring (bicyclic) bond motifs is 1. The quantitative estimate of drug-likeness (QED) is 0.424. The van der Waals surface area contributed by atoms with Gasteiger partial charge in [-0.05, 0) is 6.07 Å². The van der Waals surface area contributed by atoms with Crippen LogP contribution in [0.25, 0.3) is 11.0 Å². The van der Waals surface area contributed by atoms with Crippen LogP contribution in [0.4, 0.5) is 10.3 Å². The van der Waals surface area contributed by atoms with Gasteiger partial charge in [-0.25, -0.2) is 4.39 Å². The van der Waals surface area contributed by atoms with E-state index in [1.165, 1.54) is 16.8 Å². The Morgan fingerprint density at radius 1 is 1.71 bits per heavy atom. The van der Waals surface area contributed by atoms with Gasteiger partial charge in [0, 0.05) is 6.20 Å². The lowest BCUT2D eigenvalue weighted by Crippen LogP contribution is -2.41. The summed E-state index contributed by atoms with van der Waals surface area (Å²) >= 11 is 6.38. The van der Waals surface area contributed by atoms with Gasteiger partial charge in [-0.1, -0.05) is 23.4 Å². The molecule has 1 fully saturated rings. The average Bonchev–Trinajstić information content (AvgIpc) is 3.05. The zero-order chi connectivity index (χ0) is 19.3. The first-order valence-corrected chi connectivity index (χ1v) is 7.14. The van der Waals surface area contributed by atoms with Gasteiger partial charge >= 0.3 is 0 Å². The molecule has 8 nitrogen and oxygen atoms in total. The van der Waals surface area contributed by atoms with Gasteiger partial charge in [-0.2, -0.15) is 4.98 Å². The van der Waals surface area contributed by atoms with Crippen LogP contribution in [-0.4, -0.2) is 55.1 Å². The molecular weight excluding hydrogens is 343 g/mol. The van der Waals surface area contributed by atoms with Crippen molar-refractivity contribution in [2.45, 2.75) is 23.3 Å². The van der Waals surface area contributed by atoms with Crippen LogP contribution in [-0.2, 0) is 4.74 Å². The normalized spacial score (nSPS) is 31.4. The van der Waals surface area contributed by atoms with Gasteiger partial charge in [0.1, 0.15) is 18.9 Å². The Morgan fingerprint density at radius 2 is 2.46 bits per heavy atom. The van der Waals surface area contributed by atoms with Crippen molar-refractivity contribution < 1.29 is 22.1 Å². The van der Waals surface area contributed by atoms with E-state index in [0.29, 0.717) is 0 Å². The van der Waals surface area contributed by atoms with Crippen molar-refractivity contribution in [3.05, 3.63) is 22.6 Å². The molecule has 1 aliphatic heterocycles. The maximum Gasteiger partial charge on any atom is 0.261 e. The molecule has 0 bridgehead atoms. The number of H-pyrrole nitrogens is 1. The van der Waals surface area contributed by atoms with Crippen LogP contribution in [0.1, 0.15) is 8.97 Å². The van der Waals surface area contributed by atoms with Crippen molar-refractivity contribution in [3.63, 3.8) is 0 Å². The predicted molar refractivity (Wildman–Crippen MR) is 84.1 cm³/mol. The second-order valence-corrected chi connectivity index (χ2v) is 5.72. The number of hydrogen-bond acceptors (Lipinski definition) is 6. The summed E-state index contributed by atoms with van der Waals surface area (Å²) < 4.78 is 34.0. The zero-order valence-electron chi connectivity index (χ0n) is 14.0. The first-order valence-electron chi connectivity index (χ1n) is 7.76. The lowest BCUT2D eigenvalue weighted by atomic mass is 9.99. The van der Waals surface area contributed by atoms with Gasteiger partial charge in [0.05, 0.1) is 14.7 Å². The molecule has 128 valence electrons. The highest BCUT2D eigenvalue weighted by Crippen LogP contribution is 2.44. The lowest BCUT2D eigenvalue weighted by Gasteiger charge is -2.25. The number of hydrogen-bond donors (Lipinski definition) is 4. The van der Waals surface area contributed by atoms with Crippen LogP contribution >= 0.6 is 11.6 Å². The number of nitrogens with one attached hydrogen (secondary N) is 1. The van der Waals surface area contributed by atoms with E-state index >= 15 is 0 Å². The van der Waals surface area contributed by atoms with Crippen LogP contribution < -0.4 is 11.3 Å². The lowest BCUT2D eigenvalue weighted by molar-refractivity contribution is -0.0435. The van der Waals surface area contributed by atoms with Gasteiger partial charge < -0.3 is 25.3 Å². The molecule has 10 heteroatoms. The third-order valence-electron chi connectivity index (χ3n) is 3.68. The molecule has 1 unspecified atom stereocenters. The molecule has 24 heavy (non-hydrogen) atoms. The minimum absolute atomic E-state index is 0.0367. The highest BCUT2D eigenvalue weighted by atomic mass is 35.5. The predicted octanol–water partition coefficient (Wildman–Crippen LogP) is -0.492. The fraction of sp³-hybridized carbons (Fsp3) is 0.429. The summed E-state index contributed by atoms with van der Waals surface area (Å²) in [5.74, 6) is 4.20. The highest BCUT2D eigenvalue weighted by Gasteiger charge is 2.55. The van der Waals surface area contributed by atoms with E-state index in [0.717, 1.165) is 0 Å². The second-order valence-electron chi connectivity index (χ2n) is 5.10. The number of rotatable bonds is 2. The molecule has 0 amide bonds. The highest BCUT2D eigenvalue weighted by molar-refractivity contribution is 6.27. The molecule has 4 atom stereocenters. The molecule has 2 aromatic heterocycles. The smallest absolute Gasteiger partial charge is 0.261 e. The van der Waals surface area contributed by atoms with Gasteiger partial charge in [-0.3, -0.25) is 9.78 Å². The standard InChI is InChI=1S/C14H14ClFN4O4/c15-14(3-1-4-16)9(22)8(6-21)24-12(14)20-5-2-7-10(20)18-13(17)19-11(7)23/h2,5,8-9,12,21-22H,4,6H2,(H3,17,18,19,23)/t8-,9+,12-,14?/m1/s1/i6D2. The zero-order valence-corrected chi connectivity index (χ0v) is 12.8. The first kappa shape index (κ1) is 14.2. The number of aromatic nitrogens is 3. The number of anilines is 1. The number of halogens is 2. The van der Waals surface area contributed by atoms with Crippen LogP contribution in [0.15, 0.2) is 17.1 Å². The number of aromatic amines is 1. The van der Waals surface area contributed by atoms with Gasteiger partial charge in [0.2, 0.25) is 5.95 Å². The van der Waals surface area contributed by atoms with Crippen molar-refractivity contribution in [1.29, 1.82) is 0 Å². The molecule has 1 aliphatic rings. The SMILES string of the molecule is [2H]C([2H])(O)[C@H]1O[C@@H](n2ccc3c(=O)[nH]c(N)nc32)C(Cl)(C#CCF)[C@H]1O. The summed E-state index contributed by atoms with van der Waals surface area (Å²) in [6.07, 6.45) is -3.63. The van der Waals surface area contributed by atoms with E-state index in [9.17, 15) is 19.4 Å². The van der Waals surface area contributed by atoms with Crippen molar-refractivity contribution >= 4 is 28.6 Å². The largest absolute Gasteiger partial charge is 0.394 e. The Labute approximate surface area is 142 Å². The Balaban J connectivity index is 2.20. The van der Waals surface area contributed by atoms with E-state index < -0.39 is 42.1 Å². The van der Waals surface area contributed by atoms with Crippen molar-refractivity contribution in [3.8, 4) is 11.8 Å².